The van der Waals surface area contributed by atoms with Crippen LogP contribution in [-0.4, -0.2) is 52.7 Å². The molecule has 1 aromatic rings. The molecule has 0 amide bonds. The lowest BCUT2D eigenvalue weighted by atomic mass is 10.3. The van der Waals surface area contributed by atoms with E-state index in [9.17, 15) is 0 Å². The maximum absolute atomic E-state index is 5.30. The molecule has 2 heterocycles. The fourth-order valence-electron chi connectivity index (χ4n) is 2.21. The van der Waals surface area contributed by atoms with E-state index in [0.29, 0.717) is 11.2 Å². The van der Waals surface area contributed by atoms with Crippen molar-refractivity contribution >= 4 is 16.5 Å². The lowest BCUT2D eigenvalue weighted by molar-refractivity contribution is 0.194. The smallest absolute Gasteiger partial charge is 0.219 e. The van der Waals surface area contributed by atoms with Crippen LogP contribution in [0, 0.1) is 0 Å². The summed E-state index contributed by atoms with van der Waals surface area (Å²) in [5, 5.41) is 9.80. The molecule has 1 aliphatic heterocycles. The molecule has 0 spiro atoms. The third-order valence-corrected chi connectivity index (χ3v) is 3.95. The first-order valence-electron chi connectivity index (χ1n) is 5.90. The van der Waals surface area contributed by atoms with E-state index < -0.39 is 0 Å². The first-order chi connectivity index (χ1) is 8.19. The van der Waals surface area contributed by atoms with Gasteiger partial charge in [0.2, 0.25) is 5.13 Å². The van der Waals surface area contributed by atoms with Crippen molar-refractivity contribution in [3.8, 4) is 0 Å². The molecule has 2 rings (SSSR count). The van der Waals surface area contributed by atoms with Gasteiger partial charge in [0.15, 0.2) is 0 Å². The first-order valence-corrected chi connectivity index (χ1v) is 6.72. The van der Waals surface area contributed by atoms with Crippen molar-refractivity contribution in [3.63, 3.8) is 0 Å². The summed E-state index contributed by atoms with van der Waals surface area (Å²) in [6.45, 7) is 6.54. The SMILES string of the molecule is CC1CN(C)CCCN1Cc1nnc(NN)s1. The Morgan fingerprint density at radius 3 is 3.00 bits per heavy atom. The summed E-state index contributed by atoms with van der Waals surface area (Å²) < 4.78 is 0. The average molecular weight is 256 g/mol. The van der Waals surface area contributed by atoms with Crippen molar-refractivity contribution in [3.05, 3.63) is 5.01 Å². The molecule has 0 radical (unpaired) electrons. The zero-order valence-electron chi connectivity index (χ0n) is 10.4. The van der Waals surface area contributed by atoms with Gasteiger partial charge in [-0.1, -0.05) is 11.3 Å². The van der Waals surface area contributed by atoms with Crippen LogP contribution in [0.15, 0.2) is 0 Å². The van der Waals surface area contributed by atoms with Crippen LogP contribution in [0.25, 0.3) is 0 Å². The summed E-state index contributed by atoms with van der Waals surface area (Å²) >= 11 is 1.52. The first kappa shape index (κ1) is 12.7. The number of nitrogen functional groups attached to an aromatic ring is 1. The van der Waals surface area contributed by atoms with E-state index in [-0.39, 0.29) is 0 Å². The molecule has 0 bridgehead atoms. The molecule has 1 saturated heterocycles. The maximum atomic E-state index is 5.30. The van der Waals surface area contributed by atoms with E-state index >= 15 is 0 Å². The largest absolute Gasteiger partial charge is 0.305 e. The summed E-state index contributed by atoms with van der Waals surface area (Å²) in [5.74, 6) is 5.30. The Labute approximate surface area is 106 Å². The van der Waals surface area contributed by atoms with Crippen LogP contribution < -0.4 is 11.3 Å². The highest BCUT2D eigenvalue weighted by Gasteiger charge is 2.20. The number of hydrazine groups is 1. The molecule has 1 aliphatic rings. The summed E-state index contributed by atoms with van der Waals surface area (Å²) in [6.07, 6.45) is 1.21. The van der Waals surface area contributed by atoms with Crippen LogP contribution in [-0.2, 0) is 6.54 Å². The monoisotopic (exact) mass is 256 g/mol. The topological polar surface area (TPSA) is 70.3 Å². The van der Waals surface area contributed by atoms with Gasteiger partial charge in [-0.25, -0.2) is 5.84 Å². The van der Waals surface area contributed by atoms with Crippen molar-refractivity contribution in [2.24, 2.45) is 5.84 Å². The molecule has 1 fully saturated rings. The van der Waals surface area contributed by atoms with Crippen molar-refractivity contribution in [1.29, 1.82) is 0 Å². The number of nitrogens with one attached hydrogen (secondary N) is 1. The van der Waals surface area contributed by atoms with Gasteiger partial charge >= 0.3 is 0 Å². The number of nitrogens with zero attached hydrogens (tertiary/aromatic N) is 4. The zero-order chi connectivity index (χ0) is 12.3. The lowest BCUT2D eigenvalue weighted by Gasteiger charge is -2.26. The van der Waals surface area contributed by atoms with Gasteiger partial charge in [-0.15, -0.1) is 10.2 Å². The van der Waals surface area contributed by atoms with Gasteiger partial charge in [-0.05, 0) is 26.9 Å². The summed E-state index contributed by atoms with van der Waals surface area (Å²) in [6, 6.07) is 0.556. The lowest BCUT2D eigenvalue weighted by Crippen LogP contribution is -2.37. The molecule has 1 aromatic heterocycles. The number of nitrogens with two attached hydrogens (primary N) is 1. The standard InChI is InChI=1S/C10H20N6S/c1-8-6-15(2)4-3-5-16(8)7-9-13-14-10(12-11)17-9/h8H,3-7,11H2,1-2H3,(H,12,14). The fourth-order valence-corrected chi connectivity index (χ4v) is 2.88. The second-order valence-corrected chi connectivity index (χ2v) is 5.64. The van der Waals surface area contributed by atoms with Gasteiger partial charge < -0.3 is 4.90 Å². The Morgan fingerprint density at radius 2 is 2.29 bits per heavy atom. The summed E-state index contributed by atoms with van der Waals surface area (Å²) in [4.78, 5) is 4.85. The number of hydrogen-bond acceptors (Lipinski definition) is 7. The number of aromatic nitrogens is 2. The number of rotatable bonds is 3. The van der Waals surface area contributed by atoms with Gasteiger partial charge in [0, 0.05) is 19.1 Å². The second-order valence-electron chi connectivity index (χ2n) is 4.58. The van der Waals surface area contributed by atoms with Gasteiger partial charge in [0.05, 0.1) is 6.54 Å². The van der Waals surface area contributed by atoms with Crippen LogP contribution >= 0.6 is 11.3 Å². The van der Waals surface area contributed by atoms with Crippen LogP contribution in [0.5, 0.6) is 0 Å². The molecule has 1 unspecified atom stereocenters. The van der Waals surface area contributed by atoms with Crippen LogP contribution in [0.4, 0.5) is 5.13 Å². The normalized spacial score (nSPS) is 23.6. The van der Waals surface area contributed by atoms with Crippen molar-refractivity contribution < 1.29 is 0 Å². The van der Waals surface area contributed by atoms with Crippen LogP contribution in [0.3, 0.4) is 0 Å². The van der Waals surface area contributed by atoms with Gasteiger partial charge in [-0.3, -0.25) is 10.3 Å². The molecule has 6 nitrogen and oxygen atoms in total. The predicted octanol–water partition coefficient (Wildman–Crippen LogP) is 0.350. The number of likely N-dealkylation sites (N-methyl/N-ethyl adjacent to an activating group) is 1. The Bertz CT molecular complexity index is 354. The molecule has 0 aliphatic carbocycles. The Balaban J connectivity index is 1.97. The van der Waals surface area contributed by atoms with E-state index in [2.05, 4.69) is 39.4 Å². The third-order valence-electron chi connectivity index (χ3n) is 3.11. The Morgan fingerprint density at radius 1 is 1.47 bits per heavy atom. The average Bonchev–Trinajstić information content (AvgIpc) is 2.68. The van der Waals surface area contributed by atoms with Crippen molar-refractivity contribution in [1.82, 2.24) is 20.0 Å². The number of hydrogen-bond donors (Lipinski definition) is 2. The maximum Gasteiger partial charge on any atom is 0.219 e. The molecule has 1 atom stereocenters. The van der Waals surface area contributed by atoms with E-state index in [4.69, 9.17) is 5.84 Å². The molecular weight excluding hydrogens is 236 g/mol. The molecule has 7 heteroatoms. The van der Waals surface area contributed by atoms with E-state index in [1.807, 2.05) is 0 Å². The minimum absolute atomic E-state index is 0.556. The minimum atomic E-state index is 0.556. The van der Waals surface area contributed by atoms with E-state index in [1.165, 1.54) is 24.3 Å². The highest BCUT2D eigenvalue weighted by molar-refractivity contribution is 7.15. The number of anilines is 1. The second kappa shape index (κ2) is 5.72. The Kier molecular flexibility index (Phi) is 4.27. The van der Waals surface area contributed by atoms with Gasteiger partial charge in [0.25, 0.3) is 0 Å². The minimum Gasteiger partial charge on any atom is -0.305 e. The van der Waals surface area contributed by atoms with Crippen molar-refractivity contribution in [2.75, 3.05) is 32.1 Å². The molecule has 96 valence electrons. The molecular formula is C10H20N6S. The third kappa shape index (κ3) is 3.35. The quantitative estimate of drug-likeness (QED) is 0.601. The molecule has 0 saturated carbocycles. The Hall–Kier alpha value is -0.760. The van der Waals surface area contributed by atoms with E-state index in [1.54, 1.807) is 0 Å². The molecule has 0 aromatic carbocycles. The molecule has 17 heavy (non-hydrogen) atoms. The van der Waals surface area contributed by atoms with Gasteiger partial charge in [0.1, 0.15) is 5.01 Å². The van der Waals surface area contributed by atoms with Crippen LogP contribution in [0.2, 0.25) is 0 Å². The predicted molar refractivity (Wildman–Crippen MR) is 69.7 cm³/mol. The highest BCUT2D eigenvalue weighted by Crippen LogP contribution is 2.18. The summed E-state index contributed by atoms with van der Waals surface area (Å²) in [5.41, 5.74) is 2.53. The highest BCUT2D eigenvalue weighted by atomic mass is 32.1. The van der Waals surface area contributed by atoms with Crippen LogP contribution in [0.1, 0.15) is 18.4 Å². The fraction of sp³-hybridized carbons (Fsp3) is 0.800. The van der Waals surface area contributed by atoms with Gasteiger partial charge in [-0.2, -0.15) is 0 Å². The zero-order valence-corrected chi connectivity index (χ0v) is 11.2. The summed E-state index contributed by atoms with van der Waals surface area (Å²) in [7, 11) is 2.18. The van der Waals surface area contributed by atoms with Crippen molar-refractivity contribution in [2.45, 2.75) is 25.9 Å². The van der Waals surface area contributed by atoms with E-state index in [0.717, 1.165) is 24.6 Å². The molecule has 3 N–H and O–H groups in total.